The first-order valence-corrected chi connectivity index (χ1v) is 8.74. The third kappa shape index (κ3) is 4.29. The molecule has 1 heterocycles. The van der Waals surface area contributed by atoms with Crippen molar-refractivity contribution in [1.29, 1.82) is 0 Å². The third-order valence-corrected chi connectivity index (χ3v) is 5.21. The van der Waals surface area contributed by atoms with E-state index in [1.165, 1.54) is 36.9 Å². The van der Waals surface area contributed by atoms with Crippen molar-refractivity contribution in [2.45, 2.75) is 72.3 Å². The van der Waals surface area contributed by atoms with Crippen molar-refractivity contribution in [2.24, 2.45) is 11.3 Å². The fraction of sp³-hybridized carbons (Fsp3) is 0.737. The Morgan fingerprint density at radius 2 is 2.14 bits per heavy atom. The Hall–Kier alpha value is -0.890. The molecule has 118 valence electrons. The van der Waals surface area contributed by atoms with Crippen LogP contribution in [0.5, 0.6) is 0 Å². The Kier molecular flexibility index (Phi) is 5.80. The monoisotopic (exact) mass is 288 g/mol. The average molecular weight is 288 g/mol. The van der Waals surface area contributed by atoms with E-state index in [-0.39, 0.29) is 0 Å². The van der Waals surface area contributed by atoms with E-state index in [1.807, 2.05) is 6.20 Å². The zero-order chi connectivity index (χ0) is 15.3. The summed E-state index contributed by atoms with van der Waals surface area (Å²) in [5.74, 6) is 0.775. The summed E-state index contributed by atoms with van der Waals surface area (Å²) in [6, 6.07) is 5.03. The van der Waals surface area contributed by atoms with Gasteiger partial charge in [0.2, 0.25) is 0 Å². The van der Waals surface area contributed by atoms with E-state index in [2.05, 4.69) is 50.1 Å². The molecule has 2 rings (SSSR count). The maximum Gasteiger partial charge on any atom is 0.0419 e. The molecular formula is C19H32N2. The van der Waals surface area contributed by atoms with Crippen LogP contribution in [0.2, 0.25) is 0 Å². The summed E-state index contributed by atoms with van der Waals surface area (Å²) in [5, 5.41) is 3.80. The summed E-state index contributed by atoms with van der Waals surface area (Å²) in [6.45, 7) is 10.4. The summed E-state index contributed by atoms with van der Waals surface area (Å²) < 4.78 is 0. The predicted molar refractivity (Wildman–Crippen MR) is 90.5 cm³/mol. The lowest BCUT2D eigenvalue weighted by molar-refractivity contribution is 0.195. The molecule has 2 atom stereocenters. The lowest BCUT2D eigenvalue weighted by Crippen LogP contribution is -2.42. The fourth-order valence-corrected chi connectivity index (χ4v) is 3.80. The van der Waals surface area contributed by atoms with Crippen LogP contribution in [-0.2, 0) is 12.8 Å². The lowest BCUT2D eigenvalue weighted by Gasteiger charge is -2.35. The second-order valence-corrected chi connectivity index (χ2v) is 7.26. The fourth-order valence-electron chi connectivity index (χ4n) is 3.80. The molecule has 1 saturated carbocycles. The lowest BCUT2D eigenvalue weighted by atomic mass is 9.76. The molecule has 1 aromatic rings. The molecule has 0 aromatic carbocycles. The zero-order valence-corrected chi connectivity index (χ0v) is 14.3. The quantitative estimate of drug-likeness (QED) is 0.805. The smallest absolute Gasteiger partial charge is 0.0419 e. The summed E-state index contributed by atoms with van der Waals surface area (Å²) in [5.41, 5.74) is 3.04. The highest BCUT2D eigenvalue weighted by Crippen LogP contribution is 2.44. The van der Waals surface area contributed by atoms with Crippen molar-refractivity contribution in [3.63, 3.8) is 0 Å². The van der Waals surface area contributed by atoms with Gasteiger partial charge in [-0.2, -0.15) is 0 Å². The number of nitrogens with zero attached hydrogens (tertiary/aromatic N) is 1. The summed E-state index contributed by atoms with van der Waals surface area (Å²) in [6.07, 6.45) is 9.49. The Morgan fingerprint density at radius 3 is 2.67 bits per heavy atom. The van der Waals surface area contributed by atoms with E-state index in [0.717, 1.165) is 25.3 Å². The standard InChI is InChI=1S/C19H32N2/c1-5-12-20-18(17-8-7-11-19(17,3)4)13-16-10-9-15(6-2)14-21-16/h9-10,14,17-18,20H,5-8,11-13H2,1-4H3. The number of aromatic nitrogens is 1. The van der Waals surface area contributed by atoms with Gasteiger partial charge in [0.15, 0.2) is 0 Å². The van der Waals surface area contributed by atoms with Gasteiger partial charge in [-0.15, -0.1) is 0 Å². The van der Waals surface area contributed by atoms with Crippen LogP contribution in [-0.4, -0.2) is 17.6 Å². The number of pyridine rings is 1. The summed E-state index contributed by atoms with van der Waals surface area (Å²) in [7, 11) is 0. The van der Waals surface area contributed by atoms with Gasteiger partial charge >= 0.3 is 0 Å². The van der Waals surface area contributed by atoms with Crippen LogP contribution in [0.25, 0.3) is 0 Å². The van der Waals surface area contributed by atoms with Gasteiger partial charge in [-0.3, -0.25) is 4.98 Å². The molecule has 0 amide bonds. The molecule has 2 nitrogen and oxygen atoms in total. The van der Waals surface area contributed by atoms with E-state index < -0.39 is 0 Å². The Bertz CT molecular complexity index is 422. The minimum atomic E-state index is 0.467. The van der Waals surface area contributed by atoms with Gasteiger partial charge in [-0.05, 0) is 55.2 Å². The molecule has 1 aromatic heterocycles. The van der Waals surface area contributed by atoms with Crippen LogP contribution in [0.3, 0.4) is 0 Å². The van der Waals surface area contributed by atoms with Crippen LogP contribution in [0.1, 0.15) is 64.6 Å². The van der Waals surface area contributed by atoms with Gasteiger partial charge in [0.1, 0.15) is 0 Å². The first kappa shape index (κ1) is 16.5. The Labute approximate surface area is 130 Å². The van der Waals surface area contributed by atoms with Crippen molar-refractivity contribution < 1.29 is 0 Å². The van der Waals surface area contributed by atoms with Crippen molar-refractivity contribution in [2.75, 3.05) is 6.54 Å². The maximum absolute atomic E-state index is 4.68. The van der Waals surface area contributed by atoms with E-state index >= 15 is 0 Å². The second kappa shape index (κ2) is 7.40. The van der Waals surface area contributed by atoms with E-state index in [1.54, 1.807) is 0 Å². The van der Waals surface area contributed by atoms with Crippen LogP contribution >= 0.6 is 0 Å². The largest absolute Gasteiger partial charge is 0.313 e. The maximum atomic E-state index is 4.68. The molecule has 0 spiro atoms. The molecule has 1 N–H and O–H groups in total. The molecule has 0 saturated heterocycles. The Morgan fingerprint density at radius 1 is 1.33 bits per heavy atom. The number of nitrogens with one attached hydrogen (secondary N) is 1. The van der Waals surface area contributed by atoms with Gasteiger partial charge < -0.3 is 5.32 Å². The molecule has 1 fully saturated rings. The minimum absolute atomic E-state index is 0.467. The SMILES string of the molecule is CCCNC(Cc1ccc(CC)cn1)C1CCCC1(C)C. The molecule has 2 heteroatoms. The number of hydrogen-bond donors (Lipinski definition) is 1. The van der Waals surface area contributed by atoms with Gasteiger partial charge in [-0.25, -0.2) is 0 Å². The number of rotatable bonds is 7. The van der Waals surface area contributed by atoms with Crippen molar-refractivity contribution >= 4 is 0 Å². The van der Waals surface area contributed by atoms with Crippen LogP contribution < -0.4 is 5.32 Å². The molecule has 1 aliphatic rings. The predicted octanol–water partition coefficient (Wildman–Crippen LogP) is 4.38. The van der Waals surface area contributed by atoms with E-state index in [4.69, 9.17) is 0 Å². The normalized spacial score (nSPS) is 22.4. The van der Waals surface area contributed by atoms with Crippen LogP contribution in [0.4, 0.5) is 0 Å². The molecule has 2 unspecified atom stereocenters. The summed E-state index contributed by atoms with van der Waals surface area (Å²) >= 11 is 0. The molecule has 0 aliphatic heterocycles. The van der Waals surface area contributed by atoms with Gasteiger partial charge in [0.05, 0.1) is 0 Å². The number of aryl methyl sites for hydroxylation is 1. The summed E-state index contributed by atoms with van der Waals surface area (Å²) in [4.78, 5) is 4.68. The zero-order valence-electron chi connectivity index (χ0n) is 14.3. The Balaban J connectivity index is 2.08. The topological polar surface area (TPSA) is 24.9 Å². The van der Waals surface area contributed by atoms with Crippen molar-refractivity contribution in [3.8, 4) is 0 Å². The first-order chi connectivity index (χ1) is 10.1. The molecule has 0 radical (unpaired) electrons. The minimum Gasteiger partial charge on any atom is -0.313 e. The van der Waals surface area contributed by atoms with Gasteiger partial charge in [0, 0.05) is 24.4 Å². The van der Waals surface area contributed by atoms with Crippen molar-refractivity contribution in [1.82, 2.24) is 10.3 Å². The molecule has 0 bridgehead atoms. The molecule has 21 heavy (non-hydrogen) atoms. The van der Waals surface area contributed by atoms with Crippen LogP contribution in [0.15, 0.2) is 18.3 Å². The van der Waals surface area contributed by atoms with Gasteiger partial charge in [0.25, 0.3) is 0 Å². The highest BCUT2D eigenvalue weighted by atomic mass is 14.9. The molecular weight excluding hydrogens is 256 g/mol. The van der Waals surface area contributed by atoms with Gasteiger partial charge in [-0.1, -0.05) is 40.2 Å². The highest BCUT2D eigenvalue weighted by Gasteiger charge is 2.39. The van der Waals surface area contributed by atoms with Crippen LogP contribution in [0, 0.1) is 11.3 Å². The second-order valence-electron chi connectivity index (χ2n) is 7.26. The molecule has 1 aliphatic carbocycles. The van der Waals surface area contributed by atoms with Crippen molar-refractivity contribution in [3.05, 3.63) is 29.6 Å². The first-order valence-electron chi connectivity index (χ1n) is 8.74. The average Bonchev–Trinajstić information content (AvgIpc) is 2.83. The van der Waals surface area contributed by atoms with E-state index in [9.17, 15) is 0 Å². The number of hydrogen-bond acceptors (Lipinski definition) is 2. The highest BCUT2D eigenvalue weighted by molar-refractivity contribution is 5.15. The van der Waals surface area contributed by atoms with E-state index in [0.29, 0.717) is 11.5 Å². The third-order valence-electron chi connectivity index (χ3n) is 5.21.